The molecule has 3 rings (SSSR count). The van der Waals surface area contributed by atoms with Crippen molar-refractivity contribution in [2.75, 3.05) is 5.32 Å². The largest absolute Gasteiger partial charge is 0.389 e. The van der Waals surface area contributed by atoms with E-state index in [2.05, 4.69) is 10.6 Å². The summed E-state index contributed by atoms with van der Waals surface area (Å²) in [5.41, 5.74) is 6.74. The lowest BCUT2D eigenvalue weighted by molar-refractivity contribution is -0.152. The highest BCUT2D eigenvalue weighted by molar-refractivity contribution is 6.34. The number of primary amides is 1. The summed E-state index contributed by atoms with van der Waals surface area (Å²) in [5.74, 6) is -7.05. The van der Waals surface area contributed by atoms with E-state index >= 15 is 0 Å². The number of hydrogen-bond acceptors (Lipinski definition) is 3. The molecule has 3 atom stereocenters. The zero-order chi connectivity index (χ0) is 27.5. The van der Waals surface area contributed by atoms with E-state index in [4.69, 9.17) is 17.3 Å². The van der Waals surface area contributed by atoms with Crippen molar-refractivity contribution < 1.29 is 40.7 Å². The minimum atomic E-state index is -4.75. The Balaban J connectivity index is 1.97. The van der Waals surface area contributed by atoms with Crippen LogP contribution in [0.3, 0.4) is 0 Å². The van der Waals surface area contributed by atoms with Crippen molar-refractivity contribution in [2.45, 2.75) is 44.1 Å². The van der Waals surface area contributed by atoms with Gasteiger partial charge in [0.15, 0.2) is 0 Å². The average Bonchev–Trinajstić information content (AvgIpc) is 2.90. The summed E-state index contributed by atoms with van der Waals surface area (Å²) >= 11 is 6.23. The molecule has 0 bridgehead atoms. The number of para-hydroxylation sites is 1. The Morgan fingerprint density at radius 3 is 2.08 bits per heavy atom. The number of hydrogen-bond donors (Lipinski definition) is 3. The fourth-order valence-electron chi connectivity index (χ4n) is 4.29. The molecule has 0 aromatic heterocycles. The molecule has 1 unspecified atom stereocenters. The lowest BCUT2D eigenvalue weighted by Gasteiger charge is -2.27. The van der Waals surface area contributed by atoms with Gasteiger partial charge in [-0.25, -0.2) is 0 Å². The normalized spacial score (nSPS) is 17.1. The fraction of sp³-hybridized carbons (Fsp3) is 0.375. The molecule has 0 fully saturated rings. The first-order valence-corrected chi connectivity index (χ1v) is 11.5. The van der Waals surface area contributed by atoms with Crippen molar-refractivity contribution in [3.63, 3.8) is 0 Å². The minimum Gasteiger partial charge on any atom is -0.369 e. The lowest BCUT2D eigenvalue weighted by Crippen LogP contribution is -2.45. The predicted octanol–water partition coefficient (Wildman–Crippen LogP) is 5.52. The van der Waals surface area contributed by atoms with Crippen LogP contribution in [0.4, 0.5) is 32.0 Å². The van der Waals surface area contributed by atoms with Gasteiger partial charge in [-0.3, -0.25) is 14.4 Å². The number of amides is 3. The van der Waals surface area contributed by atoms with Crippen LogP contribution < -0.4 is 16.4 Å². The zero-order valence-electron chi connectivity index (χ0n) is 19.0. The summed E-state index contributed by atoms with van der Waals surface area (Å²) in [5, 5.41) is 5.11. The molecule has 0 aliphatic carbocycles. The molecule has 1 heterocycles. The van der Waals surface area contributed by atoms with Crippen molar-refractivity contribution in [1.82, 2.24) is 5.32 Å². The van der Waals surface area contributed by atoms with Crippen LogP contribution in [-0.2, 0) is 14.4 Å². The molecule has 1 aliphatic rings. The first-order chi connectivity index (χ1) is 17.2. The summed E-state index contributed by atoms with van der Waals surface area (Å²) in [6, 6.07) is 9.74. The highest BCUT2D eigenvalue weighted by atomic mass is 35.5. The van der Waals surface area contributed by atoms with Crippen LogP contribution >= 0.6 is 11.6 Å². The zero-order valence-corrected chi connectivity index (χ0v) is 19.8. The van der Waals surface area contributed by atoms with E-state index in [-0.39, 0.29) is 16.3 Å². The third kappa shape index (κ3) is 7.15. The van der Waals surface area contributed by atoms with Gasteiger partial charge < -0.3 is 16.4 Å². The van der Waals surface area contributed by atoms with Gasteiger partial charge in [0.2, 0.25) is 11.8 Å². The van der Waals surface area contributed by atoms with Crippen LogP contribution in [0.1, 0.15) is 37.3 Å². The first kappa shape index (κ1) is 28.3. The quantitative estimate of drug-likeness (QED) is 0.378. The Bertz CT molecular complexity index is 1190. The van der Waals surface area contributed by atoms with Crippen LogP contribution in [0, 0.1) is 11.8 Å². The molecule has 0 saturated heterocycles. The topological polar surface area (TPSA) is 101 Å². The number of anilines is 1. The van der Waals surface area contributed by atoms with Crippen LogP contribution in [0.25, 0.3) is 11.1 Å². The van der Waals surface area contributed by atoms with Crippen molar-refractivity contribution >= 4 is 35.0 Å². The van der Waals surface area contributed by atoms with E-state index in [1.807, 2.05) is 0 Å². The minimum absolute atomic E-state index is 0.191. The molecular formula is C24H22ClF6N3O3. The molecule has 13 heteroatoms. The van der Waals surface area contributed by atoms with E-state index in [0.717, 1.165) is 0 Å². The molecule has 0 saturated carbocycles. The van der Waals surface area contributed by atoms with Crippen molar-refractivity contribution in [3.8, 4) is 11.1 Å². The molecule has 3 amide bonds. The Morgan fingerprint density at radius 1 is 0.919 bits per heavy atom. The number of carbonyl (C=O) groups is 3. The second kappa shape index (κ2) is 11.0. The van der Waals surface area contributed by atoms with Gasteiger partial charge in [-0.2, -0.15) is 26.3 Å². The SMILES string of the molecule is NC(=O)[C@H](CCC(F)(F)F)[C@H](CCC(F)(F)F)C(=O)NC1C(=O)Nc2c(Cl)cccc2-c2ccccc21. The third-order valence-corrected chi connectivity index (χ3v) is 6.35. The summed E-state index contributed by atoms with van der Waals surface area (Å²) in [7, 11) is 0. The molecule has 0 spiro atoms. The Morgan fingerprint density at radius 2 is 1.49 bits per heavy atom. The van der Waals surface area contributed by atoms with Gasteiger partial charge in [-0.05, 0) is 30.0 Å². The van der Waals surface area contributed by atoms with Crippen LogP contribution in [0.2, 0.25) is 5.02 Å². The van der Waals surface area contributed by atoms with Gasteiger partial charge in [0.25, 0.3) is 5.91 Å². The van der Waals surface area contributed by atoms with Crippen molar-refractivity contribution in [2.24, 2.45) is 17.6 Å². The van der Waals surface area contributed by atoms with E-state index < -0.39 is 73.6 Å². The number of carbonyl (C=O) groups excluding carboxylic acids is 3. The number of nitrogens with one attached hydrogen (secondary N) is 2. The second-order valence-corrected chi connectivity index (χ2v) is 9.01. The number of benzene rings is 2. The molecule has 2 aromatic rings. The van der Waals surface area contributed by atoms with Crippen LogP contribution in [0.5, 0.6) is 0 Å². The van der Waals surface area contributed by atoms with Crippen molar-refractivity contribution in [3.05, 3.63) is 53.1 Å². The standard InChI is InChI=1S/C24H22ClF6N3O3/c25-17-7-3-6-13-12-4-1-2-5-14(12)19(22(37)33-18(13)17)34-21(36)16(9-11-24(29,30)31)15(20(32)35)8-10-23(26,27)28/h1-7,15-16,19H,8-11H2,(H2,32,35)(H,33,37)(H,34,36)/t15-,16+,19?/m1/s1. The maximum atomic E-state index is 13.2. The first-order valence-electron chi connectivity index (χ1n) is 11.1. The fourth-order valence-corrected chi connectivity index (χ4v) is 4.52. The molecular weight excluding hydrogens is 528 g/mol. The monoisotopic (exact) mass is 549 g/mol. The number of fused-ring (bicyclic) bond motifs is 3. The average molecular weight is 550 g/mol. The second-order valence-electron chi connectivity index (χ2n) is 8.60. The Labute approximate surface area is 212 Å². The molecule has 6 nitrogen and oxygen atoms in total. The molecule has 4 N–H and O–H groups in total. The summed E-state index contributed by atoms with van der Waals surface area (Å²) in [4.78, 5) is 38.3. The number of halogens is 7. The van der Waals surface area contributed by atoms with Gasteiger partial charge in [-0.15, -0.1) is 0 Å². The van der Waals surface area contributed by atoms with E-state index in [0.29, 0.717) is 11.1 Å². The Kier molecular flexibility index (Phi) is 8.41. The maximum absolute atomic E-state index is 13.2. The highest BCUT2D eigenvalue weighted by Crippen LogP contribution is 2.41. The van der Waals surface area contributed by atoms with E-state index in [1.54, 1.807) is 30.3 Å². The number of nitrogens with two attached hydrogens (primary N) is 1. The summed E-state index contributed by atoms with van der Waals surface area (Å²) < 4.78 is 77.4. The lowest BCUT2D eigenvalue weighted by atomic mass is 9.83. The summed E-state index contributed by atoms with van der Waals surface area (Å²) in [6.45, 7) is 0. The Hall–Kier alpha value is -3.28. The van der Waals surface area contributed by atoms with Gasteiger partial charge in [0, 0.05) is 30.2 Å². The molecule has 1 aliphatic heterocycles. The van der Waals surface area contributed by atoms with Crippen LogP contribution in [0.15, 0.2) is 42.5 Å². The number of alkyl halides is 6. The predicted molar refractivity (Wildman–Crippen MR) is 123 cm³/mol. The smallest absolute Gasteiger partial charge is 0.369 e. The van der Waals surface area contributed by atoms with Gasteiger partial charge in [0.1, 0.15) is 6.04 Å². The van der Waals surface area contributed by atoms with Crippen molar-refractivity contribution in [1.29, 1.82) is 0 Å². The van der Waals surface area contributed by atoms with Gasteiger partial charge in [-0.1, -0.05) is 48.0 Å². The van der Waals surface area contributed by atoms with E-state index in [1.165, 1.54) is 12.1 Å². The molecule has 0 radical (unpaired) electrons. The molecule has 2 aromatic carbocycles. The van der Waals surface area contributed by atoms with Crippen LogP contribution in [-0.4, -0.2) is 30.1 Å². The maximum Gasteiger partial charge on any atom is 0.389 e. The molecule has 37 heavy (non-hydrogen) atoms. The third-order valence-electron chi connectivity index (χ3n) is 6.04. The number of rotatable bonds is 8. The molecule has 200 valence electrons. The summed E-state index contributed by atoms with van der Waals surface area (Å²) in [6.07, 6.45) is -14.5. The highest BCUT2D eigenvalue weighted by Gasteiger charge is 2.41. The van der Waals surface area contributed by atoms with Gasteiger partial charge >= 0.3 is 12.4 Å². The van der Waals surface area contributed by atoms with E-state index in [9.17, 15) is 40.7 Å². The van der Waals surface area contributed by atoms with Gasteiger partial charge in [0.05, 0.1) is 10.7 Å².